The molecular weight excluding hydrogens is 316 g/mol. The summed E-state index contributed by atoms with van der Waals surface area (Å²) in [6, 6.07) is 5.99. The molecule has 0 saturated heterocycles. The van der Waals surface area contributed by atoms with Gasteiger partial charge in [-0.1, -0.05) is 39.8 Å². The number of carbonyl (C=O) groups is 2. The second kappa shape index (κ2) is 8.00. The lowest BCUT2D eigenvalue weighted by atomic mass is 9.80. The molecular formula is C20H30N2O3. The van der Waals surface area contributed by atoms with Gasteiger partial charge in [0.1, 0.15) is 0 Å². The van der Waals surface area contributed by atoms with Gasteiger partial charge in [0.05, 0.1) is 12.5 Å². The van der Waals surface area contributed by atoms with Crippen molar-refractivity contribution in [1.29, 1.82) is 0 Å². The van der Waals surface area contributed by atoms with Crippen LogP contribution in [-0.4, -0.2) is 29.6 Å². The van der Waals surface area contributed by atoms with E-state index in [4.69, 9.17) is 0 Å². The molecule has 1 aromatic carbocycles. The van der Waals surface area contributed by atoms with Crippen LogP contribution in [0.1, 0.15) is 51.7 Å². The number of aliphatic hydroxyl groups excluding tert-OH is 1. The van der Waals surface area contributed by atoms with Crippen LogP contribution in [-0.2, 0) is 22.4 Å². The summed E-state index contributed by atoms with van der Waals surface area (Å²) in [5, 5.41) is 16.0. The van der Waals surface area contributed by atoms with E-state index in [-0.39, 0.29) is 23.1 Å². The molecule has 1 aliphatic heterocycles. The number of anilines is 1. The number of nitrogens with one attached hydrogen (secondary N) is 2. The van der Waals surface area contributed by atoms with Gasteiger partial charge in [0, 0.05) is 24.1 Å². The van der Waals surface area contributed by atoms with E-state index in [1.165, 1.54) is 0 Å². The lowest BCUT2D eigenvalue weighted by Crippen LogP contribution is -2.43. The molecule has 2 rings (SSSR count). The number of aliphatic hydroxyl groups is 1. The minimum absolute atomic E-state index is 0.0158. The van der Waals surface area contributed by atoms with Crippen LogP contribution in [0.2, 0.25) is 0 Å². The lowest BCUT2D eigenvalue weighted by Gasteiger charge is -2.33. The van der Waals surface area contributed by atoms with Crippen LogP contribution < -0.4 is 10.6 Å². The molecule has 5 heteroatoms. The van der Waals surface area contributed by atoms with Gasteiger partial charge in [0.2, 0.25) is 11.8 Å². The monoisotopic (exact) mass is 346 g/mol. The molecule has 1 heterocycles. The van der Waals surface area contributed by atoms with E-state index in [2.05, 4.69) is 10.6 Å². The van der Waals surface area contributed by atoms with Crippen LogP contribution in [0.25, 0.3) is 0 Å². The zero-order valence-electron chi connectivity index (χ0n) is 15.7. The van der Waals surface area contributed by atoms with Crippen LogP contribution in [0.15, 0.2) is 18.2 Å². The third kappa shape index (κ3) is 5.30. The SMILES string of the molecule is CC(C)C(O)C(C)(C)CNC(=O)CCCc1ccc2c(c1)CC(=O)N2. The fourth-order valence-electron chi connectivity index (χ4n) is 3.31. The average molecular weight is 346 g/mol. The Bertz CT molecular complexity index is 638. The molecule has 0 spiro atoms. The highest BCUT2D eigenvalue weighted by molar-refractivity contribution is 5.99. The van der Waals surface area contributed by atoms with Crippen LogP contribution in [0, 0.1) is 11.3 Å². The molecule has 3 N–H and O–H groups in total. The van der Waals surface area contributed by atoms with Gasteiger partial charge in [0.25, 0.3) is 0 Å². The van der Waals surface area contributed by atoms with Gasteiger partial charge in [-0.05, 0) is 36.0 Å². The van der Waals surface area contributed by atoms with Crippen LogP contribution in [0.5, 0.6) is 0 Å². The maximum atomic E-state index is 12.1. The second-order valence-electron chi connectivity index (χ2n) is 8.02. The van der Waals surface area contributed by atoms with E-state index < -0.39 is 6.10 Å². The van der Waals surface area contributed by atoms with Gasteiger partial charge < -0.3 is 15.7 Å². The van der Waals surface area contributed by atoms with E-state index in [0.717, 1.165) is 29.7 Å². The Morgan fingerprint density at radius 3 is 2.76 bits per heavy atom. The summed E-state index contributed by atoms with van der Waals surface area (Å²) >= 11 is 0. The zero-order valence-corrected chi connectivity index (χ0v) is 15.7. The third-order valence-corrected chi connectivity index (χ3v) is 4.84. The highest BCUT2D eigenvalue weighted by Gasteiger charge is 2.30. The summed E-state index contributed by atoms with van der Waals surface area (Å²) in [7, 11) is 0. The third-order valence-electron chi connectivity index (χ3n) is 4.84. The highest BCUT2D eigenvalue weighted by atomic mass is 16.3. The minimum atomic E-state index is -0.449. The quantitative estimate of drug-likeness (QED) is 0.677. The van der Waals surface area contributed by atoms with E-state index in [9.17, 15) is 14.7 Å². The summed E-state index contributed by atoms with van der Waals surface area (Å²) in [6.45, 7) is 8.37. The van der Waals surface area contributed by atoms with E-state index in [1.54, 1.807) is 0 Å². The Kier molecular flexibility index (Phi) is 6.22. The summed E-state index contributed by atoms with van der Waals surface area (Å²) in [5.41, 5.74) is 2.75. The molecule has 1 aromatic rings. The van der Waals surface area contributed by atoms with Gasteiger partial charge in [-0.2, -0.15) is 0 Å². The fourth-order valence-corrected chi connectivity index (χ4v) is 3.31. The van der Waals surface area contributed by atoms with E-state index in [0.29, 0.717) is 19.4 Å². The molecule has 0 saturated carbocycles. The van der Waals surface area contributed by atoms with Gasteiger partial charge in [0.15, 0.2) is 0 Å². The largest absolute Gasteiger partial charge is 0.392 e. The van der Waals surface area contributed by atoms with Crippen molar-refractivity contribution in [2.75, 3.05) is 11.9 Å². The van der Waals surface area contributed by atoms with E-state index >= 15 is 0 Å². The fraction of sp³-hybridized carbons (Fsp3) is 0.600. The Balaban J connectivity index is 1.74. The molecule has 2 amide bonds. The molecule has 0 radical (unpaired) electrons. The molecule has 0 bridgehead atoms. The van der Waals surface area contributed by atoms with Crippen molar-refractivity contribution in [3.05, 3.63) is 29.3 Å². The predicted octanol–water partition coefficient (Wildman–Crippen LogP) is 2.66. The number of fused-ring (bicyclic) bond motifs is 1. The van der Waals surface area contributed by atoms with Crippen molar-refractivity contribution in [2.45, 2.75) is 59.5 Å². The predicted molar refractivity (Wildman–Crippen MR) is 99.3 cm³/mol. The molecule has 1 aliphatic rings. The number of hydrogen-bond donors (Lipinski definition) is 3. The summed E-state index contributed by atoms with van der Waals surface area (Å²) in [4.78, 5) is 23.4. The van der Waals surface area contributed by atoms with Crippen molar-refractivity contribution >= 4 is 17.5 Å². The summed E-state index contributed by atoms with van der Waals surface area (Å²) < 4.78 is 0. The lowest BCUT2D eigenvalue weighted by molar-refractivity contribution is -0.122. The Morgan fingerprint density at radius 1 is 1.36 bits per heavy atom. The molecule has 1 unspecified atom stereocenters. The first-order valence-electron chi connectivity index (χ1n) is 9.05. The highest BCUT2D eigenvalue weighted by Crippen LogP contribution is 2.26. The Hall–Kier alpha value is -1.88. The van der Waals surface area contributed by atoms with Crippen LogP contribution >= 0.6 is 0 Å². The Labute approximate surface area is 150 Å². The normalized spacial score (nSPS) is 15.0. The average Bonchev–Trinajstić information content (AvgIpc) is 2.91. The summed E-state index contributed by atoms with van der Waals surface area (Å²) in [5.74, 6) is 0.216. The van der Waals surface area contributed by atoms with Gasteiger partial charge in [-0.15, -0.1) is 0 Å². The smallest absolute Gasteiger partial charge is 0.228 e. The first-order valence-corrected chi connectivity index (χ1v) is 9.05. The number of benzene rings is 1. The van der Waals surface area contributed by atoms with Crippen LogP contribution in [0.3, 0.4) is 0 Å². The number of carbonyl (C=O) groups excluding carboxylic acids is 2. The molecule has 0 aliphatic carbocycles. The molecule has 0 aromatic heterocycles. The topological polar surface area (TPSA) is 78.4 Å². The molecule has 5 nitrogen and oxygen atoms in total. The molecule has 138 valence electrons. The van der Waals surface area contributed by atoms with Crippen molar-refractivity contribution in [2.24, 2.45) is 11.3 Å². The standard InChI is InChI=1S/C20H30N2O3/c1-13(2)19(25)20(3,4)12-21-17(23)7-5-6-14-8-9-16-15(10-14)11-18(24)22-16/h8-10,13,19,25H,5-7,11-12H2,1-4H3,(H,21,23)(H,22,24). The maximum absolute atomic E-state index is 12.1. The second-order valence-corrected chi connectivity index (χ2v) is 8.02. The molecule has 1 atom stereocenters. The van der Waals surface area contributed by atoms with Crippen molar-refractivity contribution in [3.8, 4) is 0 Å². The van der Waals surface area contributed by atoms with Crippen molar-refractivity contribution in [3.63, 3.8) is 0 Å². The first-order chi connectivity index (χ1) is 11.7. The van der Waals surface area contributed by atoms with Crippen molar-refractivity contribution < 1.29 is 14.7 Å². The first kappa shape index (κ1) is 19.4. The van der Waals surface area contributed by atoms with E-state index in [1.807, 2.05) is 45.9 Å². The zero-order chi connectivity index (χ0) is 18.6. The van der Waals surface area contributed by atoms with Crippen molar-refractivity contribution in [1.82, 2.24) is 5.32 Å². The number of amides is 2. The Morgan fingerprint density at radius 2 is 2.08 bits per heavy atom. The molecule has 25 heavy (non-hydrogen) atoms. The van der Waals surface area contributed by atoms with Gasteiger partial charge in [-0.3, -0.25) is 9.59 Å². The number of hydrogen-bond acceptors (Lipinski definition) is 3. The maximum Gasteiger partial charge on any atom is 0.228 e. The summed E-state index contributed by atoms with van der Waals surface area (Å²) in [6.07, 6.45) is 2.03. The van der Waals surface area contributed by atoms with Crippen LogP contribution in [0.4, 0.5) is 5.69 Å². The molecule has 0 fully saturated rings. The number of rotatable bonds is 8. The van der Waals surface area contributed by atoms with Gasteiger partial charge in [-0.25, -0.2) is 0 Å². The van der Waals surface area contributed by atoms with Gasteiger partial charge >= 0.3 is 0 Å². The minimum Gasteiger partial charge on any atom is -0.392 e. The number of aryl methyl sites for hydroxylation is 1.